The van der Waals surface area contributed by atoms with Gasteiger partial charge in [-0.25, -0.2) is 0 Å². The molecule has 1 saturated heterocycles. The standard InChI is InChI=1S/C19H25N3O5/c1-26-11-10-20-15-21(9-8-16-6-4-3-5-7-16)22(12-17(13-23)27-2)18(14-24)19(20)25/h3-7,12-14,24H,8-11,15H2,1-2H3/b17-12-,18-14+. The van der Waals surface area contributed by atoms with Crippen LogP contribution in [0.3, 0.4) is 0 Å². The molecule has 146 valence electrons. The van der Waals surface area contributed by atoms with Gasteiger partial charge in [0.25, 0.3) is 5.91 Å². The van der Waals surface area contributed by atoms with E-state index in [-0.39, 0.29) is 17.4 Å². The fourth-order valence-corrected chi connectivity index (χ4v) is 2.71. The first kappa shape index (κ1) is 20.5. The van der Waals surface area contributed by atoms with E-state index in [2.05, 4.69) is 0 Å². The van der Waals surface area contributed by atoms with Crippen molar-refractivity contribution in [3.05, 3.63) is 59.8 Å². The van der Waals surface area contributed by atoms with Crippen LogP contribution in [0.4, 0.5) is 0 Å². The highest BCUT2D eigenvalue weighted by molar-refractivity contribution is 5.93. The van der Waals surface area contributed by atoms with Crippen LogP contribution in [0.1, 0.15) is 5.56 Å². The fourth-order valence-electron chi connectivity index (χ4n) is 2.71. The highest BCUT2D eigenvalue weighted by Gasteiger charge is 2.34. The molecule has 1 aliphatic heterocycles. The smallest absolute Gasteiger partial charge is 0.276 e. The van der Waals surface area contributed by atoms with Gasteiger partial charge in [0.2, 0.25) is 0 Å². The number of methoxy groups -OCH3 is 2. The van der Waals surface area contributed by atoms with Crippen molar-refractivity contribution in [3.63, 3.8) is 0 Å². The first-order valence-corrected chi connectivity index (χ1v) is 8.56. The van der Waals surface area contributed by atoms with Gasteiger partial charge in [0.1, 0.15) is 6.26 Å². The minimum Gasteiger partial charge on any atom is -0.513 e. The van der Waals surface area contributed by atoms with Crippen LogP contribution in [-0.4, -0.2) is 72.8 Å². The molecule has 0 spiro atoms. The number of carbonyl (C=O) groups excluding carboxylic acids is 2. The van der Waals surface area contributed by atoms with E-state index in [9.17, 15) is 14.7 Å². The molecule has 0 aromatic heterocycles. The summed E-state index contributed by atoms with van der Waals surface area (Å²) in [5.41, 5.74) is 1.17. The van der Waals surface area contributed by atoms with Gasteiger partial charge in [-0.15, -0.1) is 0 Å². The number of rotatable bonds is 9. The maximum absolute atomic E-state index is 12.7. The Balaban J connectivity index is 2.27. The lowest BCUT2D eigenvalue weighted by molar-refractivity contribution is -0.146. The first-order valence-electron chi connectivity index (χ1n) is 8.56. The van der Waals surface area contributed by atoms with E-state index in [0.29, 0.717) is 32.7 Å². The maximum Gasteiger partial charge on any atom is 0.276 e. The highest BCUT2D eigenvalue weighted by Crippen LogP contribution is 2.21. The van der Waals surface area contributed by atoms with Crippen LogP contribution in [0.25, 0.3) is 0 Å². The summed E-state index contributed by atoms with van der Waals surface area (Å²) in [6.45, 7) is 1.62. The molecular weight excluding hydrogens is 350 g/mol. The number of aliphatic hydroxyl groups excluding tert-OH is 1. The number of hydrazine groups is 1. The largest absolute Gasteiger partial charge is 0.513 e. The lowest BCUT2D eigenvalue weighted by Gasteiger charge is -2.43. The average molecular weight is 375 g/mol. The first-order chi connectivity index (χ1) is 13.1. The van der Waals surface area contributed by atoms with E-state index >= 15 is 0 Å². The minimum absolute atomic E-state index is 0.0295. The van der Waals surface area contributed by atoms with Gasteiger partial charge in [0.15, 0.2) is 17.7 Å². The number of amides is 1. The van der Waals surface area contributed by atoms with E-state index in [0.717, 1.165) is 18.2 Å². The van der Waals surface area contributed by atoms with Crippen LogP contribution in [0, 0.1) is 0 Å². The molecule has 27 heavy (non-hydrogen) atoms. The van der Waals surface area contributed by atoms with Gasteiger partial charge in [0, 0.05) is 20.2 Å². The number of carbonyl (C=O) groups is 2. The minimum atomic E-state index is -0.358. The van der Waals surface area contributed by atoms with Crippen molar-refractivity contribution in [2.24, 2.45) is 0 Å². The van der Waals surface area contributed by atoms with Crippen LogP contribution in [0.15, 0.2) is 54.3 Å². The number of aldehydes is 1. The summed E-state index contributed by atoms with van der Waals surface area (Å²) in [6.07, 6.45) is 3.41. The molecule has 1 heterocycles. The normalized spacial score (nSPS) is 17.5. The number of ether oxygens (including phenoxy) is 2. The van der Waals surface area contributed by atoms with E-state index in [1.165, 1.54) is 18.3 Å². The Morgan fingerprint density at radius 2 is 1.96 bits per heavy atom. The third-order valence-electron chi connectivity index (χ3n) is 4.18. The van der Waals surface area contributed by atoms with Crippen LogP contribution >= 0.6 is 0 Å². The molecule has 1 N–H and O–H groups in total. The van der Waals surface area contributed by atoms with Crippen molar-refractivity contribution < 1.29 is 24.2 Å². The van der Waals surface area contributed by atoms with Crippen molar-refractivity contribution in [1.29, 1.82) is 0 Å². The lowest BCUT2D eigenvalue weighted by atomic mass is 10.1. The number of nitrogens with zero attached hydrogens (tertiary/aromatic N) is 3. The van der Waals surface area contributed by atoms with Gasteiger partial charge in [0.05, 0.1) is 26.6 Å². The van der Waals surface area contributed by atoms with E-state index < -0.39 is 0 Å². The monoisotopic (exact) mass is 375 g/mol. The summed E-state index contributed by atoms with van der Waals surface area (Å²) in [7, 11) is 2.93. The van der Waals surface area contributed by atoms with Crippen LogP contribution in [0.2, 0.25) is 0 Å². The summed E-state index contributed by atoms with van der Waals surface area (Å²) in [4.78, 5) is 25.4. The molecule has 1 fully saturated rings. The van der Waals surface area contributed by atoms with E-state index in [4.69, 9.17) is 9.47 Å². The van der Waals surface area contributed by atoms with Crippen LogP contribution in [-0.2, 0) is 25.5 Å². The van der Waals surface area contributed by atoms with Gasteiger partial charge in [-0.1, -0.05) is 30.3 Å². The summed E-state index contributed by atoms with van der Waals surface area (Å²) in [6, 6.07) is 9.92. The summed E-state index contributed by atoms with van der Waals surface area (Å²) >= 11 is 0. The molecule has 1 aromatic rings. The third kappa shape index (κ3) is 5.32. The zero-order valence-corrected chi connectivity index (χ0v) is 15.6. The fraction of sp³-hybridized carbons (Fsp3) is 0.368. The van der Waals surface area contributed by atoms with Crippen LogP contribution < -0.4 is 0 Å². The molecule has 0 unspecified atom stereocenters. The van der Waals surface area contributed by atoms with Crippen molar-refractivity contribution in [2.45, 2.75) is 6.42 Å². The number of aliphatic hydroxyl groups is 1. The number of allylic oxidation sites excluding steroid dienone is 1. The Morgan fingerprint density at radius 3 is 2.56 bits per heavy atom. The SMILES string of the molecule is COCCN1CN(CCc2ccccc2)N(/C=C(/C=O)OC)/C(=C/O)C1=O. The molecule has 8 nitrogen and oxygen atoms in total. The molecule has 0 atom stereocenters. The number of hydrogen-bond donors (Lipinski definition) is 1. The van der Waals surface area contributed by atoms with Gasteiger partial charge in [-0.05, 0) is 12.0 Å². The Kier molecular flexibility index (Phi) is 7.84. The van der Waals surface area contributed by atoms with Crippen LogP contribution in [0.5, 0.6) is 0 Å². The molecule has 1 aromatic carbocycles. The molecule has 0 radical (unpaired) electrons. The van der Waals surface area contributed by atoms with E-state index in [1.54, 1.807) is 12.0 Å². The predicted octanol–water partition coefficient (Wildman–Crippen LogP) is 1.28. The van der Waals surface area contributed by atoms with Gasteiger partial charge >= 0.3 is 0 Å². The lowest BCUT2D eigenvalue weighted by Crippen LogP contribution is -2.57. The summed E-state index contributed by atoms with van der Waals surface area (Å²) < 4.78 is 10.1. The van der Waals surface area contributed by atoms with Crippen molar-refractivity contribution in [1.82, 2.24) is 14.9 Å². The maximum atomic E-state index is 12.7. The molecule has 1 aliphatic rings. The molecule has 1 amide bonds. The Hall–Kier alpha value is -2.84. The molecular formula is C19H25N3O5. The highest BCUT2D eigenvalue weighted by atomic mass is 16.5. The number of hydrogen-bond acceptors (Lipinski definition) is 7. The Morgan fingerprint density at radius 1 is 1.22 bits per heavy atom. The Labute approximate surface area is 158 Å². The molecule has 2 rings (SSSR count). The zero-order chi connectivity index (χ0) is 19.6. The molecule has 0 aliphatic carbocycles. The second kappa shape index (κ2) is 10.3. The second-order valence-electron chi connectivity index (χ2n) is 5.88. The number of benzene rings is 1. The predicted molar refractivity (Wildman–Crippen MR) is 99.0 cm³/mol. The summed E-state index contributed by atoms with van der Waals surface area (Å²) in [5, 5.41) is 13.0. The van der Waals surface area contributed by atoms with Gasteiger partial charge in [-0.3, -0.25) is 14.6 Å². The average Bonchev–Trinajstić information content (AvgIpc) is 2.71. The zero-order valence-electron chi connectivity index (χ0n) is 15.6. The van der Waals surface area contributed by atoms with Crippen molar-refractivity contribution in [2.75, 3.05) is 40.6 Å². The third-order valence-corrected chi connectivity index (χ3v) is 4.18. The topological polar surface area (TPSA) is 82.6 Å². The van der Waals surface area contributed by atoms with E-state index in [1.807, 2.05) is 35.3 Å². The molecule has 0 saturated carbocycles. The molecule has 0 bridgehead atoms. The second-order valence-corrected chi connectivity index (χ2v) is 5.88. The summed E-state index contributed by atoms with van der Waals surface area (Å²) in [5.74, 6) is -0.319. The van der Waals surface area contributed by atoms with Crippen molar-refractivity contribution in [3.8, 4) is 0 Å². The molecule has 8 heteroatoms. The Bertz CT molecular complexity index is 690. The van der Waals surface area contributed by atoms with Gasteiger partial charge in [-0.2, -0.15) is 5.01 Å². The van der Waals surface area contributed by atoms with Gasteiger partial charge < -0.3 is 19.5 Å². The van der Waals surface area contributed by atoms with Crippen molar-refractivity contribution >= 4 is 12.2 Å². The quantitative estimate of drug-likeness (QED) is 0.395.